The van der Waals surface area contributed by atoms with E-state index in [2.05, 4.69) is 104 Å². The van der Waals surface area contributed by atoms with E-state index in [9.17, 15) is 0 Å². The maximum absolute atomic E-state index is 2.45. The van der Waals surface area contributed by atoms with Crippen LogP contribution in [0.15, 0.2) is 0 Å². The molecule has 17 aliphatic carbocycles. The molecule has 0 heterocycles. The molecule has 17 rings (SSSR count). The average molecular weight is 1130 g/mol. The molecule has 0 N–H and O–H groups in total. The summed E-state index contributed by atoms with van der Waals surface area (Å²) >= 11 is 0. The first-order chi connectivity index (χ1) is 38.4. The molecule has 17 aliphatic rings. The standard InChI is InChI=1S/3C17H30.C16H28.C15H26/c1-16(2,3)14-8-10-17(11-9-14)12-13-4-6-15(17)7-5-13;1-16(2,3)15-7-9-17(10-8-15)11-13-5-4-6-14(13)12-17;1-16(2,3)14-7-9-17(10-8-14)12-13-5-4-6-15(17)11-13;1-15(2,3)14-4-6-16(7-5-14)10-12-8-13(9-12)11-16;1-14(2,3)13-4-6-15(7-5-13)9-11-8-12(11)10-15/h3*13-15H,4-12H2,1-3H3;12-14H,4-11H2,1-3H3;11-13H,4-10H2,1-3H3/t;13-,14+,15?,17?;;;11-,12+,13?,15?. The first-order valence-electron chi connectivity index (χ1n) is 38.4. The minimum Gasteiger partial charge on any atom is -0.0599 e. The second-order valence-electron chi connectivity index (χ2n) is 41.4. The van der Waals surface area contributed by atoms with Gasteiger partial charge in [0.2, 0.25) is 0 Å². The molecule has 0 saturated heterocycles. The molecule has 0 radical (unpaired) electrons. The summed E-state index contributed by atoms with van der Waals surface area (Å²) in [6.45, 7) is 36.6. The Morgan fingerprint density at radius 1 is 0.220 bits per heavy atom. The Kier molecular flexibility index (Phi) is 18.6. The monoisotopic (exact) mass is 1130 g/mol. The first kappa shape index (κ1) is 63.6. The molecule has 17 fully saturated rings. The van der Waals surface area contributed by atoms with Gasteiger partial charge in [-0.1, -0.05) is 149 Å². The molecule has 0 amide bonds. The van der Waals surface area contributed by atoms with Crippen molar-refractivity contribution >= 4 is 0 Å². The summed E-state index contributed by atoms with van der Waals surface area (Å²) in [6.07, 6.45) is 65.6. The van der Waals surface area contributed by atoms with Gasteiger partial charge in [0.1, 0.15) is 0 Å². The Balaban J connectivity index is 0.000000108. The second-order valence-corrected chi connectivity index (χ2v) is 41.4. The molecular formula is C82H144. The van der Waals surface area contributed by atoms with Gasteiger partial charge in [-0.05, 0) is 368 Å². The maximum atomic E-state index is 2.45. The lowest BCUT2D eigenvalue weighted by atomic mass is 9.49. The van der Waals surface area contributed by atoms with Crippen LogP contribution in [0.2, 0.25) is 0 Å². The Morgan fingerprint density at radius 3 is 0.878 bits per heavy atom. The average Bonchev–Trinajstić information content (AvgIpc) is 3.80. The third kappa shape index (κ3) is 14.4. The SMILES string of the molecule is CC(C)(C)C1CCC2(CC1)CC1CC(C1)C2.CC(C)(C)C1CCC2(CC1)CC1CCC2CC1.CC(C)(C)C1CCC2(CC1)CC1CCCC2C1.CC(C)(C)C1CCC2(CC1)C[C@H]1CCC[C@H]1C2.CC(C)(C)C1CCC2(CC1)C[C@H]1C[C@H]1C2. The number of rotatable bonds is 0. The van der Waals surface area contributed by atoms with Crippen molar-refractivity contribution in [2.24, 2.45) is 143 Å². The number of hydrogen-bond acceptors (Lipinski definition) is 0. The molecule has 0 aromatic heterocycles. The zero-order chi connectivity index (χ0) is 58.4. The van der Waals surface area contributed by atoms with Crippen LogP contribution in [0.4, 0.5) is 0 Å². The van der Waals surface area contributed by atoms with Gasteiger partial charge >= 0.3 is 0 Å². The Bertz CT molecular complexity index is 1920. The van der Waals surface area contributed by atoms with Crippen molar-refractivity contribution < 1.29 is 0 Å². The lowest BCUT2D eigenvalue weighted by molar-refractivity contribution is -0.0489. The number of fused-ring (bicyclic) bond motifs is 7. The van der Waals surface area contributed by atoms with E-state index in [0.29, 0.717) is 27.1 Å². The van der Waals surface area contributed by atoms with Gasteiger partial charge in [-0.25, -0.2) is 0 Å². The van der Waals surface area contributed by atoms with Crippen LogP contribution in [0.1, 0.15) is 374 Å². The van der Waals surface area contributed by atoms with Gasteiger partial charge < -0.3 is 0 Å². The highest BCUT2D eigenvalue weighted by atomic mass is 14.6. The summed E-state index contributed by atoms with van der Waals surface area (Å²) in [5.41, 5.74) is 6.90. The van der Waals surface area contributed by atoms with Crippen LogP contribution >= 0.6 is 0 Å². The Labute approximate surface area is 513 Å². The van der Waals surface area contributed by atoms with Crippen molar-refractivity contribution in [1.82, 2.24) is 0 Å². The lowest BCUT2D eigenvalue weighted by Crippen LogP contribution is -2.45. The second kappa shape index (κ2) is 24.0. The van der Waals surface area contributed by atoms with Crippen LogP contribution in [-0.2, 0) is 0 Å². The normalized spacial score (nSPS) is 47.2. The van der Waals surface area contributed by atoms with Crippen LogP contribution in [0.25, 0.3) is 0 Å². The van der Waals surface area contributed by atoms with Crippen LogP contribution in [-0.4, -0.2) is 0 Å². The predicted octanol–water partition coefficient (Wildman–Crippen LogP) is 25.9. The topological polar surface area (TPSA) is 0 Å². The molecule has 82 heavy (non-hydrogen) atoms. The fraction of sp³-hybridized carbons (Fsp3) is 1.00. The molecule has 6 bridgehead atoms. The van der Waals surface area contributed by atoms with E-state index < -0.39 is 0 Å². The van der Waals surface area contributed by atoms with Gasteiger partial charge in [-0.3, -0.25) is 0 Å². The van der Waals surface area contributed by atoms with Crippen LogP contribution in [0.3, 0.4) is 0 Å². The molecule has 17 saturated carbocycles. The van der Waals surface area contributed by atoms with Crippen molar-refractivity contribution in [1.29, 1.82) is 0 Å². The van der Waals surface area contributed by atoms with Gasteiger partial charge in [0.15, 0.2) is 0 Å². The molecule has 0 aliphatic heterocycles. The van der Waals surface area contributed by atoms with Crippen molar-refractivity contribution in [3.63, 3.8) is 0 Å². The van der Waals surface area contributed by atoms with Gasteiger partial charge in [-0.15, -0.1) is 0 Å². The van der Waals surface area contributed by atoms with Gasteiger partial charge in [0.05, 0.1) is 0 Å². The zero-order valence-electron chi connectivity index (χ0n) is 58.4. The van der Waals surface area contributed by atoms with E-state index in [0.717, 1.165) is 104 Å². The molecule has 0 aromatic rings. The quantitative estimate of drug-likeness (QED) is 0.227. The lowest BCUT2D eigenvalue weighted by Gasteiger charge is -2.56. The minimum absolute atomic E-state index is 0.551. The zero-order valence-corrected chi connectivity index (χ0v) is 58.4. The molecule has 472 valence electrons. The van der Waals surface area contributed by atoms with Crippen LogP contribution in [0.5, 0.6) is 0 Å². The highest BCUT2D eigenvalue weighted by molar-refractivity contribution is 5.07. The highest BCUT2D eigenvalue weighted by Crippen LogP contribution is 2.67. The summed E-state index contributed by atoms with van der Waals surface area (Å²) in [5.74, 6) is 16.4. The first-order valence-corrected chi connectivity index (χ1v) is 38.4. The van der Waals surface area contributed by atoms with E-state index in [1.54, 1.807) is 199 Å². The molecule has 2 unspecified atom stereocenters. The third-order valence-corrected chi connectivity index (χ3v) is 31.4. The van der Waals surface area contributed by atoms with Crippen molar-refractivity contribution in [2.45, 2.75) is 374 Å². The van der Waals surface area contributed by atoms with E-state index >= 15 is 0 Å². The third-order valence-electron chi connectivity index (χ3n) is 31.4. The van der Waals surface area contributed by atoms with E-state index in [-0.39, 0.29) is 0 Å². The minimum atomic E-state index is 0.551. The largest absolute Gasteiger partial charge is 0.0599 e. The van der Waals surface area contributed by atoms with Gasteiger partial charge in [-0.2, -0.15) is 0 Å². The molecule has 5 spiro atoms. The van der Waals surface area contributed by atoms with Crippen LogP contribution in [0, 0.1) is 143 Å². The van der Waals surface area contributed by atoms with Gasteiger partial charge in [0, 0.05) is 0 Å². The van der Waals surface area contributed by atoms with E-state index in [4.69, 9.17) is 0 Å². The van der Waals surface area contributed by atoms with Crippen molar-refractivity contribution in [3.8, 4) is 0 Å². The van der Waals surface area contributed by atoms with Crippen LogP contribution < -0.4 is 0 Å². The molecule has 0 nitrogen and oxygen atoms in total. The smallest absolute Gasteiger partial charge is 0.0266 e. The summed E-state index contributed by atoms with van der Waals surface area (Å²) in [6, 6.07) is 0. The predicted molar refractivity (Wildman–Crippen MR) is 356 cm³/mol. The summed E-state index contributed by atoms with van der Waals surface area (Å²) in [5, 5.41) is 0. The fourth-order valence-electron chi connectivity index (χ4n) is 25.7. The maximum Gasteiger partial charge on any atom is -0.0266 e. The molecular weight excluding hydrogens is 985 g/mol. The molecule has 0 aromatic carbocycles. The summed E-state index contributed by atoms with van der Waals surface area (Å²) < 4.78 is 0. The highest BCUT2D eigenvalue weighted by Gasteiger charge is 2.56. The molecule has 6 atom stereocenters. The summed E-state index contributed by atoms with van der Waals surface area (Å²) in [7, 11) is 0. The van der Waals surface area contributed by atoms with Crippen molar-refractivity contribution in [2.75, 3.05) is 0 Å². The number of hydrogen-bond donors (Lipinski definition) is 0. The van der Waals surface area contributed by atoms with Crippen molar-refractivity contribution in [3.05, 3.63) is 0 Å². The summed E-state index contributed by atoms with van der Waals surface area (Å²) in [4.78, 5) is 0. The fourth-order valence-corrected chi connectivity index (χ4v) is 25.7. The Morgan fingerprint density at radius 2 is 0.537 bits per heavy atom. The van der Waals surface area contributed by atoms with E-state index in [1.165, 1.54) is 82.5 Å². The van der Waals surface area contributed by atoms with Gasteiger partial charge in [0.25, 0.3) is 0 Å². The van der Waals surface area contributed by atoms with E-state index in [1.807, 2.05) is 0 Å². The molecule has 0 heteroatoms. The Hall–Kier alpha value is 0.